The van der Waals surface area contributed by atoms with Gasteiger partial charge in [0.05, 0.1) is 18.0 Å². The number of nitrogens with zero attached hydrogens (tertiary/aromatic N) is 3. The van der Waals surface area contributed by atoms with Crippen LogP contribution in [0.5, 0.6) is 0 Å². The van der Waals surface area contributed by atoms with Gasteiger partial charge in [-0.05, 0) is 37.1 Å². The first-order valence-corrected chi connectivity index (χ1v) is 8.53. The Hall–Kier alpha value is -2.73. The first-order chi connectivity index (χ1) is 11.7. The van der Waals surface area contributed by atoms with Crippen molar-refractivity contribution in [3.63, 3.8) is 0 Å². The Morgan fingerprint density at radius 3 is 3.00 bits per heavy atom. The molecule has 0 radical (unpaired) electrons. The lowest BCUT2D eigenvalue weighted by molar-refractivity contribution is 0.522. The van der Waals surface area contributed by atoms with Gasteiger partial charge in [-0.1, -0.05) is 6.07 Å². The van der Waals surface area contributed by atoms with Crippen LogP contribution in [-0.2, 0) is 6.42 Å². The first kappa shape index (κ1) is 14.8. The van der Waals surface area contributed by atoms with E-state index >= 15 is 0 Å². The summed E-state index contributed by atoms with van der Waals surface area (Å²) in [4.78, 5) is 22.3. The monoisotopic (exact) mass is 337 g/mol. The van der Waals surface area contributed by atoms with Crippen molar-refractivity contribution in [2.24, 2.45) is 0 Å². The van der Waals surface area contributed by atoms with Crippen LogP contribution in [0.1, 0.15) is 18.5 Å². The molecule has 0 amide bonds. The van der Waals surface area contributed by atoms with Crippen LogP contribution in [0.15, 0.2) is 63.8 Å². The van der Waals surface area contributed by atoms with E-state index in [-0.39, 0.29) is 11.6 Å². The molecular weight excluding hydrogens is 322 g/mol. The Morgan fingerprint density at radius 2 is 2.25 bits per heavy atom. The van der Waals surface area contributed by atoms with Gasteiger partial charge in [0, 0.05) is 29.4 Å². The maximum absolute atomic E-state index is 13.0. The Bertz CT molecular complexity index is 1020. The van der Waals surface area contributed by atoms with Crippen molar-refractivity contribution >= 4 is 21.6 Å². The summed E-state index contributed by atoms with van der Waals surface area (Å²) in [6.07, 6.45) is 7.54. The first-order valence-electron chi connectivity index (χ1n) is 7.65. The summed E-state index contributed by atoms with van der Waals surface area (Å²) in [5, 5.41) is 2.55. The molecule has 0 aromatic carbocycles. The number of hydrogen-bond donors (Lipinski definition) is 0. The maximum atomic E-state index is 13.0. The molecule has 6 heteroatoms. The third kappa shape index (κ3) is 2.55. The summed E-state index contributed by atoms with van der Waals surface area (Å²) in [6, 6.07) is 7.58. The van der Waals surface area contributed by atoms with E-state index in [1.807, 2.05) is 42.8 Å². The van der Waals surface area contributed by atoms with Gasteiger partial charge in [-0.15, -0.1) is 11.3 Å². The second-order valence-corrected chi connectivity index (χ2v) is 6.54. The third-order valence-electron chi connectivity index (χ3n) is 4.03. The molecule has 4 aromatic rings. The summed E-state index contributed by atoms with van der Waals surface area (Å²) >= 11 is 1.46. The SMILES string of the molecule is C[C@@H](Cc1cccnc1)n1cnc2scc(-c3ccco3)c2c1=O. The van der Waals surface area contributed by atoms with Gasteiger partial charge in [0.1, 0.15) is 10.6 Å². The topological polar surface area (TPSA) is 60.9 Å². The van der Waals surface area contributed by atoms with E-state index in [9.17, 15) is 4.79 Å². The van der Waals surface area contributed by atoms with E-state index in [1.165, 1.54) is 11.3 Å². The van der Waals surface area contributed by atoms with Gasteiger partial charge in [0.25, 0.3) is 5.56 Å². The minimum Gasteiger partial charge on any atom is -0.464 e. The molecule has 4 rings (SSSR count). The van der Waals surface area contributed by atoms with Crippen LogP contribution in [0.4, 0.5) is 0 Å². The Kier molecular flexibility index (Phi) is 3.74. The standard InChI is InChI=1S/C18H15N3O2S/c1-12(8-13-4-2-6-19-9-13)21-11-20-17-16(18(21)22)14(10-24-17)15-5-3-7-23-15/h2-7,9-12H,8H2,1H3/t12-/m0/s1. The fourth-order valence-electron chi connectivity index (χ4n) is 2.83. The van der Waals surface area contributed by atoms with Crippen molar-refractivity contribution in [3.05, 3.63) is 70.5 Å². The van der Waals surface area contributed by atoms with E-state index in [4.69, 9.17) is 4.42 Å². The van der Waals surface area contributed by atoms with E-state index in [0.717, 1.165) is 22.4 Å². The number of rotatable bonds is 4. The average molecular weight is 337 g/mol. The van der Waals surface area contributed by atoms with Crippen LogP contribution in [0.2, 0.25) is 0 Å². The largest absolute Gasteiger partial charge is 0.464 e. The number of aromatic nitrogens is 3. The van der Waals surface area contributed by atoms with Crippen LogP contribution < -0.4 is 5.56 Å². The molecule has 0 N–H and O–H groups in total. The van der Waals surface area contributed by atoms with Gasteiger partial charge in [0.15, 0.2) is 0 Å². The van der Waals surface area contributed by atoms with Crippen LogP contribution in [0.25, 0.3) is 21.5 Å². The molecule has 0 aliphatic carbocycles. The van der Waals surface area contributed by atoms with Gasteiger partial charge in [-0.3, -0.25) is 14.3 Å². The number of thiophene rings is 1. The lowest BCUT2D eigenvalue weighted by Gasteiger charge is -2.14. The summed E-state index contributed by atoms with van der Waals surface area (Å²) in [6.45, 7) is 2.01. The molecule has 24 heavy (non-hydrogen) atoms. The van der Waals surface area contributed by atoms with Crippen LogP contribution >= 0.6 is 11.3 Å². The highest BCUT2D eigenvalue weighted by Gasteiger charge is 2.17. The zero-order valence-corrected chi connectivity index (χ0v) is 13.9. The van der Waals surface area contributed by atoms with Crippen molar-refractivity contribution in [2.75, 3.05) is 0 Å². The Morgan fingerprint density at radius 1 is 1.33 bits per heavy atom. The van der Waals surface area contributed by atoms with Crippen molar-refractivity contribution < 1.29 is 4.42 Å². The third-order valence-corrected chi connectivity index (χ3v) is 4.92. The van der Waals surface area contributed by atoms with Gasteiger partial charge in [0.2, 0.25) is 0 Å². The highest BCUT2D eigenvalue weighted by atomic mass is 32.1. The summed E-state index contributed by atoms with van der Waals surface area (Å²) in [5.41, 5.74) is 1.86. The molecule has 0 spiro atoms. The van der Waals surface area contributed by atoms with Crippen molar-refractivity contribution in [1.82, 2.24) is 14.5 Å². The average Bonchev–Trinajstić information content (AvgIpc) is 3.25. The van der Waals surface area contributed by atoms with E-state index in [1.54, 1.807) is 23.4 Å². The number of hydrogen-bond acceptors (Lipinski definition) is 5. The van der Waals surface area contributed by atoms with Gasteiger partial charge < -0.3 is 4.42 Å². The number of pyridine rings is 1. The molecule has 1 atom stereocenters. The van der Waals surface area contributed by atoms with Crippen LogP contribution in [0.3, 0.4) is 0 Å². The molecule has 4 aromatic heterocycles. The Balaban J connectivity index is 1.78. The summed E-state index contributed by atoms with van der Waals surface area (Å²) in [7, 11) is 0. The van der Waals surface area contributed by atoms with Gasteiger partial charge >= 0.3 is 0 Å². The smallest absolute Gasteiger partial charge is 0.263 e. The summed E-state index contributed by atoms with van der Waals surface area (Å²) in [5.74, 6) is 0.692. The number of fused-ring (bicyclic) bond motifs is 1. The van der Waals surface area contributed by atoms with E-state index in [2.05, 4.69) is 9.97 Å². The van der Waals surface area contributed by atoms with Crippen molar-refractivity contribution in [2.45, 2.75) is 19.4 Å². The van der Waals surface area contributed by atoms with Gasteiger partial charge in [-0.25, -0.2) is 4.98 Å². The highest BCUT2D eigenvalue weighted by Crippen LogP contribution is 2.31. The second kappa shape index (κ2) is 6.05. The molecule has 0 saturated heterocycles. The van der Waals surface area contributed by atoms with E-state index in [0.29, 0.717) is 11.1 Å². The molecule has 0 aliphatic heterocycles. The van der Waals surface area contributed by atoms with Crippen molar-refractivity contribution in [3.8, 4) is 11.3 Å². The zero-order chi connectivity index (χ0) is 16.5. The molecule has 120 valence electrons. The lowest BCUT2D eigenvalue weighted by atomic mass is 10.1. The molecule has 0 aliphatic rings. The zero-order valence-electron chi connectivity index (χ0n) is 13.0. The fraction of sp³-hybridized carbons (Fsp3) is 0.167. The Labute approximate surface area is 142 Å². The molecule has 0 fully saturated rings. The predicted octanol–water partition coefficient (Wildman–Crippen LogP) is 3.92. The number of furan rings is 1. The minimum atomic E-state index is -0.0379. The highest BCUT2D eigenvalue weighted by molar-refractivity contribution is 7.17. The normalized spacial score (nSPS) is 12.5. The van der Waals surface area contributed by atoms with E-state index < -0.39 is 0 Å². The van der Waals surface area contributed by atoms with Crippen LogP contribution in [-0.4, -0.2) is 14.5 Å². The van der Waals surface area contributed by atoms with Crippen molar-refractivity contribution in [1.29, 1.82) is 0 Å². The fourth-order valence-corrected chi connectivity index (χ4v) is 3.72. The molecule has 4 heterocycles. The molecule has 0 saturated carbocycles. The van der Waals surface area contributed by atoms with Crippen LogP contribution in [0, 0.1) is 0 Å². The predicted molar refractivity (Wildman–Crippen MR) is 94.2 cm³/mol. The molecule has 0 unspecified atom stereocenters. The summed E-state index contributed by atoms with van der Waals surface area (Å²) < 4.78 is 7.15. The second-order valence-electron chi connectivity index (χ2n) is 5.68. The maximum Gasteiger partial charge on any atom is 0.263 e. The minimum absolute atomic E-state index is 0.0112. The van der Waals surface area contributed by atoms with Gasteiger partial charge in [-0.2, -0.15) is 0 Å². The molecule has 5 nitrogen and oxygen atoms in total. The molecule has 0 bridgehead atoms. The lowest BCUT2D eigenvalue weighted by Crippen LogP contribution is -2.24. The quantitative estimate of drug-likeness (QED) is 0.566. The molecular formula is C18H15N3O2S.